The normalized spacial score (nSPS) is 17.9. The number of aromatic nitrogens is 6. The van der Waals surface area contributed by atoms with Gasteiger partial charge in [0.15, 0.2) is 5.69 Å². The number of anilines is 1. The molecule has 1 fully saturated rings. The number of amides is 1. The number of hydrogen-bond acceptors (Lipinski definition) is 7. The molecule has 1 aliphatic rings. The van der Waals surface area contributed by atoms with Gasteiger partial charge in [0.1, 0.15) is 17.8 Å². The first-order valence-corrected chi connectivity index (χ1v) is 11.8. The van der Waals surface area contributed by atoms with Gasteiger partial charge >= 0.3 is 0 Å². The van der Waals surface area contributed by atoms with Crippen molar-refractivity contribution >= 4 is 11.6 Å². The maximum atomic E-state index is 14.0. The van der Waals surface area contributed by atoms with Crippen LogP contribution in [0.25, 0.3) is 22.8 Å². The smallest absolute Gasteiger partial charge is 0.277 e. The zero-order valence-electron chi connectivity index (χ0n) is 19.6. The van der Waals surface area contributed by atoms with Crippen LogP contribution in [0.5, 0.6) is 0 Å². The van der Waals surface area contributed by atoms with Crippen molar-refractivity contribution in [1.29, 1.82) is 0 Å². The lowest BCUT2D eigenvalue weighted by Gasteiger charge is -2.28. The molecular formula is C24H25F2N7O3. The Kier molecular flexibility index (Phi) is 6.85. The summed E-state index contributed by atoms with van der Waals surface area (Å²) in [7, 11) is 0. The molecule has 12 heteroatoms. The van der Waals surface area contributed by atoms with E-state index in [9.17, 15) is 13.6 Å². The minimum absolute atomic E-state index is 0.0224. The van der Waals surface area contributed by atoms with Crippen molar-refractivity contribution in [3.8, 4) is 22.8 Å². The highest BCUT2D eigenvalue weighted by Crippen LogP contribution is 2.35. The Morgan fingerprint density at radius 2 is 2.08 bits per heavy atom. The molecule has 0 aliphatic heterocycles. The average molecular weight is 498 g/mol. The monoisotopic (exact) mass is 497 g/mol. The minimum Gasteiger partial charge on any atom is -0.444 e. The van der Waals surface area contributed by atoms with Crippen LogP contribution in [0.3, 0.4) is 0 Å². The van der Waals surface area contributed by atoms with Crippen LogP contribution < -0.4 is 5.32 Å². The fourth-order valence-corrected chi connectivity index (χ4v) is 4.37. The van der Waals surface area contributed by atoms with Gasteiger partial charge in [-0.25, -0.2) is 14.4 Å². The highest BCUT2D eigenvalue weighted by Gasteiger charge is 2.26. The molecule has 0 aromatic carbocycles. The molecule has 36 heavy (non-hydrogen) atoms. The SMILES string of the molecule is CCOC[C@H]1CC[C@H](n2cc(NC(=O)c3coc(-c4cn[nH]c4)n3)c(-c3cc(F)cc(F)n3)n2)CC1. The molecule has 1 amide bonds. The number of carbonyl (C=O) groups is 1. The van der Waals surface area contributed by atoms with E-state index in [0.29, 0.717) is 24.2 Å². The number of hydrogen-bond donors (Lipinski definition) is 2. The summed E-state index contributed by atoms with van der Waals surface area (Å²) >= 11 is 0. The molecule has 0 bridgehead atoms. The van der Waals surface area contributed by atoms with Gasteiger partial charge in [-0.15, -0.1) is 0 Å². The fourth-order valence-electron chi connectivity index (χ4n) is 4.37. The van der Waals surface area contributed by atoms with Gasteiger partial charge in [0.05, 0.1) is 29.2 Å². The Bertz CT molecular complexity index is 1310. The van der Waals surface area contributed by atoms with Crippen molar-refractivity contribution in [2.75, 3.05) is 18.5 Å². The van der Waals surface area contributed by atoms with E-state index >= 15 is 0 Å². The van der Waals surface area contributed by atoms with Crippen molar-refractivity contribution in [3.63, 3.8) is 0 Å². The molecule has 4 heterocycles. The quantitative estimate of drug-likeness (QED) is 0.340. The number of aromatic amines is 1. The molecule has 1 saturated carbocycles. The van der Waals surface area contributed by atoms with Gasteiger partial charge in [-0.05, 0) is 38.5 Å². The van der Waals surface area contributed by atoms with Gasteiger partial charge in [-0.1, -0.05) is 0 Å². The fraction of sp³-hybridized carbons (Fsp3) is 0.375. The molecule has 10 nitrogen and oxygen atoms in total. The van der Waals surface area contributed by atoms with Crippen molar-refractivity contribution in [1.82, 2.24) is 29.9 Å². The van der Waals surface area contributed by atoms with Crippen LogP contribution in [-0.4, -0.2) is 49.1 Å². The first-order valence-electron chi connectivity index (χ1n) is 11.8. The topological polar surface area (TPSA) is 124 Å². The largest absolute Gasteiger partial charge is 0.444 e. The Hall–Kier alpha value is -3.93. The number of oxazole rings is 1. The van der Waals surface area contributed by atoms with Gasteiger partial charge < -0.3 is 14.5 Å². The number of nitrogens with zero attached hydrogens (tertiary/aromatic N) is 5. The summed E-state index contributed by atoms with van der Waals surface area (Å²) in [5, 5.41) is 13.8. The van der Waals surface area contributed by atoms with E-state index in [2.05, 4.69) is 30.6 Å². The number of H-pyrrole nitrogens is 1. The van der Waals surface area contributed by atoms with Crippen molar-refractivity contribution in [2.24, 2.45) is 5.92 Å². The molecule has 4 aromatic heterocycles. The number of nitrogens with one attached hydrogen (secondary N) is 2. The zero-order chi connectivity index (χ0) is 25.1. The van der Waals surface area contributed by atoms with Crippen LogP contribution in [0.4, 0.5) is 14.5 Å². The van der Waals surface area contributed by atoms with Crippen LogP contribution in [0, 0.1) is 17.7 Å². The van der Waals surface area contributed by atoms with E-state index in [4.69, 9.17) is 9.15 Å². The van der Waals surface area contributed by atoms with E-state index in [-0.39, 0.29) is 34.7 Å². The third kappa shape index (κ3) is 5.18. The molecule has 5 rings (SSSR count). The lowest BCUT2D eigenvalue weighted by Crippen LogP contribution is -2.21. The summed E-state index contributed by atoms with van der Waals surface area (Å²) in [4.78, 5) is 21.0. The number of pyridine rings is 1. The lowest BCUT2D eigenvalue weighted by atomic mass is 9.86. The molecule has 0 spiro atoms. The van der Waals surface area contributed by atoms with E-state index in [1.54, 1.807) is 17.1 Å². The molecule has 2 N–H and O–H groups in total. The second kappa shape index (κ2) is 10.4. The van der Waals surface area contributed by atoms with Gasteiger partial charge in [0.2, 0.25) is 11.8 Å². The lowest BCUT2D eigenvalue weighted by molar-refractivity contribution is 0.0863. The maximum absolute atomic E-state index is 14.0. The number of rotatable bonds is 8. The second-order valence-corrected chi connectivity index (χ2v) is 8.68. The molecule has 0 atom stereocenters. The van der Waals surface area contributed by atoms with Crippen molar-refractivity contribution < 1.29 is 22.7 Å². The first-order chi connectivity index (χ1) is 17.5. The molecule has 4 aromatic rings. The van der Waals surface area contributed by atoms with Crippen LogP contribution in [0.2, 0.25) is 0 Å². The number of ether oxygens (including phenoxy) is 1. The Morgan fingerprint density at radius 3 is 2.81 bits per heavy atom. The molecular weight excluding hydrogens is 472 g/mol. The number of carbonyl (C=O) groups excluding carboxylic acids is 1. The molecule has 0 radical (unpaired) electrons. The highest BCUT2D eigenvalue weighted by molar-refractivity contribution is 6.04. The number of halogens is 2. The first kappa shape index (κ1) is 23.8. The summed E-state index contributed by atoms with van der Waals surface area (Å²) in [6, 6.07) is 1.84. The van der Waals surface area contributed by atoms with E-state index in [1.165, 1.54) is 12.5 Å². The Morgan fingerprint density at radius 1 is 1.25 bits per heavy atom. The zero-order valence-corrected chi connectivity index (χ0v) is 19.6. The predicted molar refractivity (Wildman–Crippen MR) is 125 cm³/mol. The second-order valence-electron chi connectivity index (χ2n) is 8.68. The summed E-state index contributed by atoms with van der Waals surface area (Å²) < 4.78 is 40.6. The Labute approximate surface area is 205 Å². The minimum atomic E-state index is -0.977. The highest BCUT2D eigenvalue weighted by atomic mass is 19.1. The summed E-state index contributed by atoms with van der Waals surface area (Å²) in [6.45, 7) is 3.41. The van der Waals surface area contributed by atoms with Gasteiger partial charge in [0.25, 0.3) is 5.91 Å². The average Bonchev–Trinajstić information content (AvgIpc) is 3.63. The van der Waals surface area contributed by atoms with Crippen LogP contribution in [0.15, 0.2) is 41.4 Å². The third-order valence-corrected chi connectivity index (χ3v) is 6.21. The third-order valence-electron chi connectivity index (χ3n) is 6.21. The molecule has 0 saturated heterocycles. The summed E-state index contributed by atoms with van der Waals surface area (Å²) in [6.07, 6.45) is 9.69. The maximum Gasteiger partial charge on any atom is 0.277 e. The van der Waals surface area contributed by atoms with Crippen molar-refractivity contribution in [3.05, 3.63) is 54.4 Å². The standard InChI is InChI=1S/C24H25F2N7O3/c1-2-35-12-14-3-5-17(6-4-14)33-11-19(22(32-33)18-7-16(25)8-21(26)29-18)30-23(34)20-13-36-24(31-20)15-9-27-28-10-15/h7-11,13-14,17H,2-6,12H2,1H3,(H,27,28)(H,30,34)/t14-,17-. The van der Waals surface area contributed by atoms with Crippen LogP contribution >= 0.6 is 0 Å². The predicted octanol–water partition coefficient (Wildman–Crippen LogP) is 4.62. The van der Waals surface area contributed by atoms with Crippen LogP contribution in [0.1, 0.15) is 49.1 Å². The Balaban J connectivity index is 1.40. The van der Waals surface area contributed by atoms with E-state index in [1.807, 2.05) is 6.92 Å². The molecule has 1 aliphatic carbocycles. The van der Waals surface area contributed by atoms with Gasteiger partial charge in [0, 0.05) is 37.7 Å². The van der Waals surface area contributed by atoms with Crippen molar-refractivity contribution in [2.45, 2.75) is 38.6 Å². The van der Waals surface area contributed by atoms with Gasteiger partial charge in [-0.3, -0.25) is 14.6 Å². The summed E-state index contributed by atoms with van der Waals surface area (Å²) in [5.41, 5.74) is 1.02. The molecule has 188 valence electrons. The van der Waals surface area contributed by atoms with Crippen LogP contribution in [-0.2, 0) is 4.74 Å². The van der Waals surface area contributed by atoms with E-state index < -0.39 is 17.7 Å². The van der Waals surface area contributed by atoms with E-state index in [0.717, 1.165) is 38.4 Å². The molecule has 0 unspecified atom stereocenters. The summed E-state index contributed by atoms with van der Waals surface area (Å²) in [5.74, 6) is -1.61. The van der Waals surface area contributed by atoms with Gasteiger partial charge in [-0.2, -0.15) is 14.6 Å².